The Morgan fingerprint density at radius 2 is 2.00 bits per heavy atom. The van der Waals surface area contributed by atoms with Gasteiger partial charge in [-0.05, 0) is 32.9 Å². The molecule has 1 aromatic carbocycles. The van der Waals surface area contributed by atoms with Crippen LogP contribution in [0.25, 0.3) is 0 Å². The van der Waals surface area contributed by atoms with Crippen LogP contribution in [0.2, 0.25) is 5.02 Å². The van der Waals surface area contributed by atoms with E-state index in [0.29, 0.717) is 16.5 Å². The number of aliphatic carboxylic acids is 1. The van der Waals surface area contributed by atoms with Gasteiger partial charge in [-0.1, -0.05) is 11.6 Å². The molecule has 1 saturated heterocycles. The molecule has 25 heavy (non-hydrogen) atoms. The van der Waals surface area contributed by atoms with Gasteiger partial charge in [-0.3, -0.25) is 4.90 Å². The van der Waals surface area contributed by atoms with Gasteiger partial charge in [-0.15, -0.1) is 0 Å². The molecule has 1 aromatic rings. The third kappa shape index (κ3) is 4.92. The number of carboxylic acids is 1. The molecular weight excluding hydrogens is 350 g/mol. The predicted molar refractivity (Wildman–Crippen MR) is 91.4 cm³/mol. The number of carboxylic acid groups (broad SMARTS) is 1. The van der Waals surface area contributed by atoms with Gasteiger partial charge in [-0.2, -0.15) is 0 Å². The molecule has 1 heterocycles. The van der Waals surface area contributed by atoms with Gasteiger partial charge in [0.05, 0.1) is 18.7 Å². The van der Waals surface area contributed by atoms with Crippen molar-refractivity contribution in [3.8, 4) is 11.5 Å². The molecule has 0 spiro atoms. The van der Waals surface area contributed by atoms with E-state index in [1.54, 1.807) is 39.0 Å². The van der Waals surface area contributed by atoms with Crippen LogP contribution >= 0.6 is 11.6 Å². The number of carbonyl (C=O) groups is 2. The maximum Gasteiger partial charge on any atom is 0.411 e. The summed E-state index contributed by atoms with van der Waals surface area (Å²) in [4.78, 5) is 24.9. The first-order valence-corrected chi connectivity index (χ1v) is 8.21. The van der Waals surface area contributed by atoms with Crippen molar-refractivity contribution < 1.29 is 28.9 Å². The fourth-order valence-electron chi connectivity index (χ4n) is 2.52. The number of halogens is 1. The number of ether oxygens (including phenoxy) is 3. The Bertz CT molecular complexity index is 657. The minimum absolute atomic E-state index is 0.105. The van der Waals surface area contributed by atoms with Crippen LogP contribution in [0.5, 0.6) is 11.5 Å². The van der Waals surface area contributed by atoms with E-state index in [-0.39, 0.29) is 13.0 Å². The number of likely N-dealkylation sites (tertiary alicyclic amines) is 1. The number of methoxy groups -OCH3 is 1. The van der Waals surface area contributed by atoms with Crippen molar-refractivity contribution in [2.24, 2.45) is 0 Å². The standard InChI is InChI=1S/C17H22ClNO6/c1-17(2,3)25-16(22)19-9-11(8-13(19)15(20)21)24-14-6-5-10(23-4)7-12(14)18/h5-7,11,13H,8-9H2,1-4H3,(H,20,21)/t11-,13+/m1/s1. The summed E-state index contributed by atoms with van der Waals surface area (Å²) in [6.45, 7) is 5.28. The quantitative estimate of drug-likeness (QED) is 0.874. The largest absolute Gasteiger partial charge is 0.497 e. The average molecular weight is 372 g/mol. The van der Waals surface area contributed by atoms with Gasteiger partial charge >= 0.3 is 12.1 Å². The van der Waals surface area contributed by atoms with Crippen molar-refractivity contribution in [2.75, 3.05) is 13.7 Å². The lowest BCUT2D eigenvalue weighted by Gasteiger charge is -2.26. The van der Waals surface area contributed by atoms with Crippen molar-refractivity contribution in [3.05, 3.63) is 23.2 Å². The molecule has 1 fully saturated rings. The molecule has 1 aliphatic heterocycles. The first kappa shape index (κ1) is 19.2. The van der Waals surface area contributed by atoms with Crippen LogP contribution in [0, 0.1) is 0 Å². The Morgan fingerprint density at radius 3 is 2.52 bits per heavy atom. The summed E-state index contributed by atoms with van der Waals surface area (Å²) in [5.41, 5.74) is -0.710. The van der Waals surface area contributed by atoms with Gasteiger partial charge in [-0.25, -0.2) is 9.59 Å². The number of hydrogen-bond donors (Lipinski definition) is 1. The van der Waals surface area contributed by atoms with E-state index in [2.05, 4.69) is 0 Å². The topological polar surface area (TPSA) is 85.3 Å². The zero-order valence-corrected chi connectivity index (χ0v) is 15.4. The van der Waals surface area contributed by atoms with Crippen LogP contribution in [0.15, 0.2) is 18.2 Å². The van der Waals surface area contributed by atoms with Crippen molar-refractivity contribution >= 4 is 23.7 Å². The highest BCUT2D eigenvalue weighted by Crippen LogP contribution is 2.32. The SMILES string of the molecule is COc1ccc(O[C@@H]2C[C@@H](C(=O)O)N(C(=O)OC(C)(C)C)C2)c(Cl)c1. The van der Waals surface area contributed by atoms with Crippen LogP contribution in [0.3, 0.4) is 0 Å². The summed E-state index contributed by atoms with van der Waals surface area (Å²) in [6.07, 6.45) is -1.02. The number of amides is 1. The highest BCUT2D eigenvalue weighted by atomic mass is 35.5. The van der Waals surface area contributed by atoms with Crippen LogP contribution in [0.1, 0.15) is 27.2 Å². The van der Waals surface area contributed by atoms with Crippen molar-refractivity contribution in [1.82, 2.24) is 4.90 Å². The third-order valence-electron chi connectivity index (χ3n) is 3.61. The molecule has 0 aromatic heterocycles. The lowest BCUT2D eigenvalue weighted by molar-refractivity contribution is -0.142. The van der Waals surface area contributed by atoms with E-state index in [1.807, 2.05) is 0 Å². The molecule has 0 bridgehead atoms. The van der Waals surface area contributed by atoms with E-state index in [4.69, 9.17) is 25.8 Å². The molecule has 1 aliphatic rings. The molecule has 2 rings (SSSR count). The van der Waals surface area contributed by atoms with Gasteiger partial charge in [0.15, 0.2) is 0 Å². The zero-order chi connectivity index (χ0) is 18.8. The summed E-state index contributed by atoms with van der Waals surface area (Å²) in [5.74, 6) is -0.108. The Kier molecular flexibility index (Phi) is 5.67. The molecule has 8 heteroatoms. The minimum atomic E-state index is -1.10. The zero-order valence-electron chi connectivity index (χ0n) is 14.6. The van der Waals surface area contributed by atoms with Crippen LogP contribution in [0.4, 0.5) is 4.79 Å². The van der Waals surface area contributed by atoms with Gasteiger partial charge in [0.1, 0.15) is 29.2 Å². The first-order chi connectivity index (χ1) is 11.6. The minimum Gasteiger partial charge on any atom is -0.497 e. The van der Waals surface area contributed by atoms with Gasteiger partial charge in [0, 0.05) is 12.5 Å². The first-order valence-electron chi connectivity index (χ1n) is 7.83. The fourth-order valence-corrected chi connectivity index (χ4v) is 2.74. The number of nitrogens with zero attached hydrogens (tertiary/aromatic N) is 1. The summed E-state index contributed by atoms with van der Waals surface area (Å²) < 4.78 is 16.2. The Labute approximate surface area is 151 Å². The molecule has 7 nitrogen and oxygen atoms in total. The lowest BCUT2D eigenvalue weighted by Crippen LogP contribution is -2.43. The fraction of sp³-hybridized carbons (Fsp3) is 0.529. The predicted octanol–water partition coefficient (Wildman–Crippen LogP) is 3.19. The molecule has 1 N–H and O–H groups in total. The van der Waals surface area contributed by atoms with E-state index < -0.39 is 29.8 Å². The second-order valence-corrected chi connectivity index (χ2v) is 7.17. The third-order valence-corrected chi connectivity index (χ3v) is 3.90. The molecule has 1 amide bonds. The number of rotatable bonds is 4. The van der Waals surface area contributed by atoms with Gasteiger partial charge in [0.25, 0.3) is 0 Å². The molecule has 0 radical (unpaired) electrons. The second kappa shape index (κ2) is 7.39. The van der Waals surface area contributed by atoms with E-state index in [9.17, 15) is 14.7 Å². The second-order valence-electron chi connectivity index (χ2n) is 6.76. The summed E-state index contributed by atoms with van der Waals surface area (Å²) in [6, 6.07) is 3.94. The maximum absolute atomic E-state index is 12.3. The average Bonchev–Trinajstić information content (AvgIpc) is 2.92. The van der Waals surface area contributed by atoms with Crippen molar-refractivity contribution in [1.29, 1.82) is 0 Å². The Hall–Kier alpha value is -2.15. The molecule has 0 unspecified atom stereocenters. The van der Waals surface area contributed by atoms with E-state index >= 15 is 0 Å². The summed E-state index contributed by atoms with van der Waals surface area (Å²) >= 11 is 6.15. The molecular formula is C17H22ClNO6. The Balaban J connectivity index is 2.11. The van der Waals surface area contributed by atoms with Crippen LogP contribution < -0.4 is 9.47 Å². The Morgan fingerprint density at radius 1 is 1.32 bits per heavy atom. The number of carbonyl (C=O) groups excluding carboxylic acids is 1. The summed E-state index contributed by atoms with van der Waals surface area (Å²) in [5, 5.41) is 9.74. The molecule has 0 aliphatic carbocycles. The lowest BCUT2D eigenvalue weighted by atomic mass is 10.2. The monoisotopic (exact) mass is 371 g/mol. The number of hydrogen-bond acceptors (Lipinski definition) is 5. The van der Waals surface area contributed by atoms with Crippen LogP contribution in [-0.2, 0) is 9.53 Å². The van der Waals surface area contributed by atoms with Gasteiger partial charge in [0.2, 0.25) is 0 Å². The molecule has 0 saturated carbocycles. The molecule has 138 valence electrons. The highest BCUT2D eigenvalue weighted by Gasteiger charge is 2.42. The maximum atomic E-state index is 12.3. The van der Waals surface area contributed by atoms with E-state index in [1.165, 1.54) is 12.0 Å². The van der Waals surface area contributed by atoms with Crippen molar-refractivity contribution in [2.45, 2.75) is 44.9 Å². The van der Waals surface area contributed by atoms with Gasteiger partial charge < -0.3 is 19.3 Å². The smallest absolute Gasteiger partial charge is 0.411 e. The normalized spacial score (nSPS) is 20.3. The van der Waals surface area contributed by atoms with Crippen LogP contribution in [-0.4, -0.2) is 53.5 Å². The summed E-state index contributed by atoms with van der Waals surface area (Å²) in [7, 11) is 1.53. The highest BCUT2D eigenvalue weighted by molar-refractivity contribution is 6.32. The van der Waals surface area contributed by atoms with Crippen molar-refractivity contribution in [3.63, 3.8) is 0 Å². The number of benzene rings is 1. The molecule has 2 atom stereocenters. The van der Waals surface area contributed by atoms with E-state index in [0.717, 1.165) is 0 Å².